The Morgan fingerprint density at radius 1 is 1.06 bits per heavy atom. The molecule has 3 fully saturated rings. The van der Waals surface area contributed by atoms with Crippen molar-refractivity contribution in [2.75, 3.05) is 24.7 Å². The molecule has 51 heavy (non-hydrogen) atoms. The van der Waals surface area contributed by atoms with Crippen LogP contribution in [0.2, 0.25) is 5.02 Å². The minimum absolute atomic E-state index is 0.0518. The Balaban J connectivity index is 1.25. The number of aliphatic hydroxyl groups is 1. The van der Waals surface area contributed by atoms with Gasteiger partial charge in [0.15, 0.2) is 0 Å². The van der Waals surface area contributed by atoms with Crippen molar-refractivity contribution in [3.8, 4) is 16.3 Å². The quantitative estimate of drug-likeness (QED) is 0.168. The number of aliphatic hydroxyl groups excluding tert-OH is 1. The summed E-state index contributed by atoms with van der Waals surface area (Å²) in [5, 5.41) is 16.1. The molecule has 264 valence electrons. The lowest BCUT2D eigenvalue weighted by Crippen LogP contribution is -2.49. The number of benzene rings is 2. The first kappa shape index (κ1) is 33.8. The number of para-hydroxylation sites is 1. The number of hydrogen-bond donors (Lipinski definition) is 1. The smallest absolute Gasteiger partial charge is 0.242 e. The largest absolute Gasteiger partial charge is 0.491 e. The number of imide groups is 2. The standard InChI is InChI=1S/C39H39ClN4O6S/c1-5-14-43-35(46)24-12-11-22-26(32(24)37(43)48)18-27-36(47)44(38(49)39(27,3)33(22)23-8-6-7-9-29(23)50-16-15-45)31-19-28(41-42(31)4)34-20(2)25-17-21(40)10-13-30(25)51-34/h6-11,13,17,19,24,26-27,32-33,45H,5,12,14-16,18H2,1-4H3. The summed E-state index contributed by atoms with van der Waals surface area (Å²) in [6.07, 6.45) is 3.35. The molecule has 2 aliphatic carbocycles. The highest BCUT2D eigenvalue weighted by atomic mass is 35.5. The van der Waals surface area contributed by atoms with Crippen LogP contribution in [-0.2, 0) is 26.2 Å². The molecule has 6 unspecified atom stereocenters. The highest BCUT2D eigenvalue weighted by molar-refractivity contribution is 7.22. The lowest BCUT2D eigenvalue weighted by molar-refractivity contribution is -0.140. The van der Waals surface area contributed by atoms with Crippen molar-refractivity contribution in [3.05, 3.63) is 76.3 Å². The molecule has 6 atom stereocenters. The molecule has 2 aliphatic heterocycles. The SMILES string of the molecule is CCCN1C(=O)C2CC=C3C(CC4C(=O)N(c5cc(-c6sc7ccc(Cl)cc7c6C)nn5C)C(=O)C4(C)C3c3ccccc3OCCO)C2C1=O. The normalized spacial score (nSPS) is 27.3. The number of fused-ring (bicyclic) bond motifs is 5. The molecule has 0 bridgehead atoms. The van der Waals surface area contributed by atoms with E-state index in [4.69, 9.17) is 21.4 Å². The van der Waals surface area contributed by atoms with Gasteiger partial charge in [0.2, 0.25) is 23.6 Å². The maximum Gasteiger partial charge on any atom is 0.242 e. The van der Waals surface area contributed by atoms with Crippen molar-refractivity contribution in [2.24, 2.45) is 36.1 Å². The van der Waals surface area contributed by atoms with Gasteiger partial charge in [0, 0.05) is 40.9 Å². The summed E-state index contributed by atoms with van der Waals surface area (Å²) in [4.78, 5) is 61.0. The average Bonchev–Trinajstić information content (AvgIpc) is 3.78. The lowest BCUT2D eigenvalue weighted by Gasteiger charge is -2.49. The molecular weight excluding hydrogens is 688 g/mol. The van der Waals surface area contributed by atoms with E-state index in [1.54, 1.807) is 35.2 Å². The second-order valence-corrected chi connectivity index (χ2v) is 15.8. The van der Waals surface area contributed by atoms with Crippen LogP contribution in [0.1, 0.15) is 50.2 Å². The Kier molecular flexibility index (Phi) is 8.23. The molecule has 4 aromatic rings. The predicted molar refractivity (Wildman–Crippen MR) is 194 cm³/mol. The summed E-state index contributed by atoms with van der Waals surface area (Å²) in [7, 11) is 1.73. The van der Waals surface area contributed by atoms with Crippen LogP contribution in [-0.4, -0.2) is 63.2 Å². The van der Waals surface area contributed by atoms with Crippen molar-refractivity contribution in [2.45, 2.75) is 46.0 Å². The van der Waals surface area contributed by atoms with Crippen molar-refractivity contribution in [1.82, 2.24) is 14.7 Å². The lowest BCUT2D eigenvalue weighted by atomic mass is 9.51. The van der Waals surface area contributed by atoms with Crippen LogP contribution in [0.4, 0.5) is 5.82 Å². The number of ether oxygens (including phenoxy) is 1. The van der Waals surface area contributed by atoms with E-state index >= 15 is 4.79 Å². The zero-order chi connectivity index (χ0) is 35.9. The first-order valence-corrected chi connectivity index (χ1v) is 18.7. The predicted octanol–water partition coefficient (Wildman–Crippen LogP) is 6.28. The molecule has 4 heterocycles. The first-order chi connectivity index (χ1) is 24.5. The Labute approximate surface area is 304 Å². The minimum Gasteiger partial charge on any atom is -0.491 e. The summed E-state index contributed by atoms with van der Waals surface area (Å²) in [6, 6.07) is 15.0. The van der Waals surface area contributed by atoms with Gasteiger partial charge < -0.3 is 9.84 Å². The van der Waals surface area contributed by atoms with E-state index in [1.165, 1.54) is 9.80 Å². The number of halogens is 1. The second kappa shape index (κ2) is 12.4. The van der Waals surface area contributed by atoms with Crippen molar-refractivity contribution in [3.63, 3.8) is 0 Å². The molecule has 2 aromatic heterocycles. The summed E-state index contributed by atoms with van der Waals surface area (Å²) in [5.41, 5.74) is 2.02. The number of aromatic nitrogens is 2. The van der Waals surface area contributed by atoms with Gasteiger partial charge in [-0.1, -0.05) is 48.4 Å². The number of allylic oxidation sites excluding steroid dienone is 2. The Morgan fingerprint density at radius 3 is 2.61 bits per heavy atom. The van der Waals surface area contributed by atoms with E-state index in [0.29, 0.717) is 47.2 Å². The molecule has 0 radical (unpaired) electrons. The molecule has 1 N–H and O–H groups in total. The average molecular weight is 727 g/mol. The number of aryl methyl sites for hydroxylation is 2. The van der Waals surface area contributed by atoms with E-state index in [-0.39, 0.29) is 43.3 Å². The highest BCUT2D eigenvalue weighted by Crippen LogP contribution is 2.64. The summed E-state index contributed by atoms with van der Waals surface area (Å²) in [6.45, 7) is 6.03. The van der Waals surface area contributed by atoms with Crippen LogP contribution in [0, 0.1) is 36.0 Å². The number of hydrogen-bond acceptors (Lipinski definition) is 8. The molecule has 12 heteroatoms. The zero-order valence-electron chi connectivity index (χ0n) is 28.9. The molecule has 4 aliphatic rings. The van der Waals surface area contributed by atoms with Gasteiger partial charge in [-0.25, -0.2) is 4.90 Å². The van der Waals surface area contributed by atoms with Crippen molar-refractivity contribution < 1.29 is 29.0 Å². The fourth-order valence-electron chi connectivity index (χ4n) is 9.31. The van der Waals surface area contributed by atoms with E-state index in [2.05, 4.69) is 0 Å². The number of carbonyl (C=O) groups excluding carboxylic acids is 4. The first-order valence-electron chi connectivity index (χ1n) is 17.5. The molecule has 4 amide bonds. The highest BCUT2D eigenvalue weighted by Gasteiger charge is 2.68. The Hall–Kier alpha value is -4.32. The minimum atomic E-state index is -1.24. The molecule has 2 saturated heterocycles. The van der Waals surface area contributed by atoms with Gasteiger partial charge in [0.1, 0.15) is 23.9 Å². The van der Waals surface area contributed by atoms with Crippen molar-refractivity contribution >= 4 is 62.5 Å². The summed E-state index contributed by atoms with van der Waals surface area (Å²) < 4.78 is 8.68. The number of rotatable bonds is 8. The third-order valence-corrected chi connectivity index (χ3v) is 13.1. The number of thiophene rings is 1. The molecule has 8 rings (SSSR count). The van der Waals surface area contributed by atoms with Gasteiger partial charge in [-0.2, -0.15) is 5.10 Å². The number of nitrogens with zero attached hydrogens (tertiary/aromatic N) is 4. The van der Waals surface area contributed by atoms with Crippen LogP contribution < -0.4 is 9.64 Å². The van der Waals surface area contributed by atoms with E-state index in [9.17, 15) is 19.5 Å². The molecule has 0 spiro atoms. The monoisotopic (exact) mass is 726 g/mol. The van der Waals surface area contributed by atoms with Gasteiger partial charge in [-0.15, -0.1) is 11.3 Å². The van der Waals surface area contributed by atoms with Gasteiger partial charge >= 0.3 is 0 Å². The summed E-state index contributed by atoms with van der Waals surface area (Å²) in [5.74, 6) is -3.10. The van der Waals surface area contributed by atoms with Gasteiger partial charge in [0.05, 0.1) is 34.7 Å². The van der Waals surface area contributed by atoms with Gasteiger partial charge in [-0.05, 0) is 74.2 Å². The summed E-state index contributed by atoms with van der Waals surface area (Å²) >= 11 is 7.89. The topological polar surface area (TPSA) is 122 Å². The number of carbonyl (C=O) groups is 4. The Bertz CT molecular complexity index is 2170. The molecular formula is C39H39ClN4O6S. The number of likely N-dealkylation sites (tertiary alicyclic amines) is 1. The molecule has 2 aromatic carbocycles. The maximum atomic E-state index is 15.1. The second-order valence-electron chi connectivity index (χ2n) is 14.3. The molecule has 1 saturated carbocycles. The van der Waals surface area contributed by atoms with E-state index < -0.39 is 35.0 Å². The maximum absolute atomic E-state index is 15.1. The zero-order valence-corrected chi connectivity index (χ0v) is 30.5. The Morgan fingerprint density at radius 2 is 1.84 bits per heavy atom. The van der Waals surface area contributed by atoms with Crippen LogP contribution in [0.5, 0.6) is 5.75 Å². The van der Waals surface area contributed by atoms with Gasteiger partial charge in [-0.3, -0.25) is 28.8 Å². The van der Waals surface area contributed by atoms with E-state index in [0.717, 1.165) is 26.1 Å². The van der Waals surface area contributed by atoms with E-state index in [1.807, 2.05) is 63.2 Å². The number of amides is 4. The third kappa shape index (κ3) is 4.88. The fraction of sp³-hybridized carbons (Fsp3) is 0.410. The van der Waals surface area contributed by atoms with Crippen molar-refractivity contribution in [1.29, 1.82) is 0 Å². The van der Waals surface area contributed by atoms with Crippen LogP contribution in [0.3, 0.4) is 0 Å². The third-order valence-electron chi connectivity index (χ3n) is 11.6. The fourth-order valence-corrected chi connectivity index (χ4v) is 10.6. The van der Waals surface area contributed by atoms with Crippen LogP contribution in [0.25, 0.3) is 20.7 Å². The van der Waals surface area contributed by atoms with Gasteiger partial charge in [0.25, 0.3) is 0 Å². The molecule has 10 nitrogen and oxygen atoms in total. The van der Waals surface area contributed by atoms with Crippen LogP contribution >= 0.6 is 22.9 Å². The number of anilines is 1. The van der Waals surface area contributed by atoms with Crippen LogP contribution in [0.15, 0.2) is 60.2 Å².